The largest absolute Gasteiger partial charge is 0.493 e. The highest BCUT2D eigenvalue weighted by atomic mass is 32.2. The molecule has 0 radical (unpaired) electrons. The van der Waals surface area contributed by atoms with Crippen LogP contribution in [-0.2, 0) is 10.0 Å². The number of aromatic nitrogens is 2. The average molecular weight is 455 g/mol. The first-order valence-corrected chi connectivity index (χ1v) is 11.7. The summed E-state index contributed by atoms with van der Waals surface area (Å²) < 4.78 is 38.1. The number of sulfonamides is 1. The fraction of sp³-hybridized carbons (Fsp3) is 0.304. The number of nitrogens with zero attached hydrogens (tertiary/aromatic N) is 4. The summed E-state index contributed by atoms with van der Waals surface area (Å²) in [5.41, 5.74) is 3.02. The Balaban J connectivity index is 1.44. The number of aryl methyl sites for hydroxylation is 1. The van der Waals surface area contributed by atoms with E-state index in [0.717, 1.165) is 17.1 Å². The Labute approximate surface area is 188 Å². The summed E-state index contributed by atoms with van der Waals surface area (Å²) >= 11 is 0. The number of rotatable bonds is 6. The molecule has 1 fully saturated rings. The molecule has 0 N–H and O–H groups in total. The van der Waals surface area contributed by atoms with Gasteiger partial charge in [-0.3, -0.25) is 0 Å². The third-order valence-electron chi connectivity index (χ3n) is 5.55. The lowest BCUT2D eigenvalue weighted by Gasteiger charge is -2.34. The molecule has 0 saturated carbocycles. The van der Waals surface area contributed by atoms with E-state index in [0.29, 0.717) is 37.7 Å². The molecular weight excluding hydrogens is 428 g/mol. The van der Waals surface area contributed by atoms with Gasteiger partial charge in [-0.1, -0.05) is 29.8 Å². The van der Waals surface area contributed by atoms with Crippen LogP contribution >= 0.6 is 0 Å². The van der Waals surface area contributed by atoms with E-state index < -0.39 is 10.0 Å². The van der Waals surface area contributed by atoms with Gasteiger partial charge in [-0.25, -0.2) is 8.42 Å². The first kappa shape index (κ1) is 22.0. The quantitative estimate of drug-likeness (QED) is 0.566. The summed E-state index contributed by atoms with van der Waals surface area (Å²) in [6.07, 6.45) is 0. The van der Waals surface area contributed by atoms with Crippen LogP contribution in [0.15, 0.2) is 59.5 Å². The van der Waals surface area contributed by atoms with E-state index in [1.54, 1.807) is 12.1 Å². The summed E-state index contributed by atoms with van der Waals surface area (Å²) in [5, 5.41) is 8.72. The average Bonchev–Trinajstić information content (AvgIpc) is 2.84. The lowest BCUT2D eigenvalue weighted by atomic mass is 10.1. The number of piperazine rings is 1. The SMILES string of the molecule is COc1ccc(S(=O)(=O)N2CCN(c3ccc(-c4ccc(C)cc4)nn3)CC2)cc1OC. The van der Waals surface area contributed by atoms with E-state index >= 15 is 0 Å². The van der Waals surface area contributed by atoms with E-state index in [1.807, 2.05) is 48.2 Å². The lowest BCUT2D eigenvalue weighted by Crippen LogP contribution is -2.49. The Morgan fingerprint density at radius 3 is 2.09 bits per heavy atom. The predicted molar refractivity (Wildman–Crippen MR) is 123 cm³/mol. The van der Waals surface area contributed by atoms with Crippen molar-refractivity contribution in [2.24, 2.45) is 0 Å². The summed E-state index contributed by atoms with van der Waals surface area (Å²) in [5.74, 6) is 1.61. The highest BCUT2D eigenvalue weighted by Crippen LogP contribution is 2.31. The smallest absolute Gasteiger partial charge is 0.243 e. The van der Waals surface area contributed by atoms with Gasteiger partial charge in [-0.2, -0.15) is 4.31 Å². The topological polar surface area (TPSA) is 84.9 Å². The normalized spacial score (nSPS) is 14.9. The van der Waals surface area contributed by atoms with Gasteiger partial charge >= 0.3 is 0 Å². The molecule has 2 heterocycles. The Morgan fingerprint density at radius 1 is 0.812 bits per heavy atom. The van der Waals surface area contributed by atoms with Crippen molar-refractivity contribution in [3.05, 3.63) is 60.2 Å². The molecule has 9 heteroatoms. The van der Waals surface area contributed by atoms with Crippen LogP contribution in [0.4, 0.5) is 5.82 Å². The fourth-order valence-electron chi connectivity index (χ4n) is 3.66. The predicted octanol–water partition coefficient (Wildman–Crippen LogP) is 2.98. The minimum Gasteiger partial charge on any atom is -0.493 e. The van der Waals surface area contributed by atoms with Gasteiger partial charge in [0.2, 0.25) is 10.0 Å². The number of methoxy groups -OCH3 is 2. The van der Waals surface area contributed by atoms with Crippen LogP contribution in [0, 0.1) is 6.92 Å². The molecule has 3 aromatic rings. The maximum Gasteiger partial charge on any atom is 0.243 e. The van der Waals surface area contributed by atoms with Crippen molar-refractivity contribution in [1.29, 1.82) is 0 Å². The summed E-state index contributed by atoms with van der Waals surface area (Å²) in [7, 11) is -0.637. The second-order valence-corrected chi connectivity index (χ2v) is 9.49. The first-order valence-electron chi connectivity index (χ1n) is 10.3. The second-order valence-electron chi connectivity index (χ2n) is 7.55. The van der Waals surface area contributed by atoms with Gasteiger partial charge in [0.25, 0.3) is 0 Å². The van der Waals surface area contributed by atoms with Gasteiger partial charge in [0.05, 0.1) is 24.8 Å². The van der Waals surface area contributed by atoms with Crippen molar-refractivity contribution < 1.29 is 17.9 Å². The van der Waals surface area contributed by atoms with Crippen molar-refractivity contribution in [1.82, 2.24) is 14.5 Å². The minimum atomic E-state index is -3.64. The van der Waals surface area contributed by atoms with Crippen molar-refractivity contribution in [2.75, 3.05) is 45.3 Å². The van der Waals surface area contributed by atoms with E-state index in [9.17, 15) is 8.42 Å². The van der Waals surface area contributed by atoms with E-state index in [-0.39, 0.29) is 4.90 Å². The Morgan fingerprint density at radius 2 is 1.50 bits per heavy atom. The second kappa shape index (κ2) is 9.13. The Kier molecular flexibility index (Phi) is 6.29. The van der Waals surface area contributed by atoms with Gasteiger partial charge in [-0.05, 0) is 31.2 Å². The molecule has 1 aliphatic heterocycles. The van der Waals surface area contributed by atoms with Gasteiger partial charge in [-0.15, -0.1) is 10.2 Å². The summed E-state index contributed by atoms with van der Waals surface area (Å²) in [4.78, 5) is 2.23. The van der Waals surface area contributed by atoms with Crippen LogP contribution < -0.4 is 14.4 Å². The molecule has 0 amide bonds. The molecule has 0 atom stereocenters. The number of hydrogen-bond acceptors (Lipinski definition) is 7. The maximum atomic E-state index is 13.1. The van der Waals surface area contributed by atoms with E-state index in [4.69, 9.17) is 9.47 Å². The number of anilines is 1. The van der Waals surface area contributed by atoms with Crippen LogP contribution in [-0.4, -0.2) is 63.3 Å². The zero-order valence-corrected chi connectivity index (χ0v) is 19.2. The summed E-state index contributed by atoms with van der Waals surface area (Å²) in [6.45, 7) is 3.83. The third-order valence-corrected chi connectivity index (χ3v) is 7.45. The van der Waals surface area contributed by atoms with Crippen molar-refractivity contribution in [2.45, 2.75) is 11.8 Å². The lowest BCUT2D eigenvalue weighted by molar-refractivity contribution is 0.353. The van der Waals surface area contributed by atoms with Crippen LogP contribution in [0.5, 0.6) is 11.5 Å². The fourth-order valence-corrected chi connectivity index (χ4v) is 5.09. The molecule has 168 valence electrons. The molecule has 0 bridgehead atoms. The van der Waals surface area contributed by atoms with Crippen molar-refractivity contribution in [3.8, 4) is 22.8 Å². The number of benzene rings is 2. The molecule has 1 aromatic heterocycles. The van der Waals surface area contributed by atoms with E-state index in [2.05, 4.69) is 10.2 Å². The molecule has 8 nitrogen and oxygen atoms in total. The van der Waals surface area contributed by atoms with Crippen molar-refractivity contribution >= 4 is 15.8 Å². The molecule has 1 aliphatic rings. The Hall–Kier alpha value is -3.17. The summed E-state index contributed by atoms with van der Waals surface area (Å²) in [6, 6.07) is 16.7. The highest BCUT2D eigenvalue weighted by Gasteiger charge is 2.29. The Bertz CT molecular complexity index is 1170. The van der Waals surface area contributed by atoms with Crippen LogP contribution in [0.25, 0.3) is 11.3 Å². The van der Waals surface area contributed by atoms with Gasteiger partial charge in [0, 0.05) is 37.8 Å². The van der Waals surface area contributed by atoms with Gasteiger partial charge < -0.3 is 14.4 Å². The standard InChI is InChI=1S/C23H26N4O4S/c1-17-4-6-18(7-5-17)20-9-11-23(25-24-20)26-12-14-27(15-13-26)32(28,29)19-8-10-21(30-2)22(16-19)31-3/h4-11,16H,12-15H2,1-3H3. The zero-order chi connectivity index (χ0) is 22.7. The molecule has 1 saturated heterocycles. The maximum absolute atomic E-state index is 13.1. The molecule has 0 spiro atoms. The van der Waals surface area contributed by atoms with Crippen LogP contribution in [0.1, 0.15) is 5.56 Å². The minimum absolute atomic E-state index is 0.186. The molecule has 0 aliphatic carbocycles. The number of ether oxygens (including phenoxy) is 2. The van der Waals surface area contributed by atoms with Crippen LogP contribution in [0.3, 0.4) is 0 Å². The molecule has 32 heavy (non-hydrogen) atoms. The number of hydrogen-bond donors (Lipinski definition) is 0. The van der Waals surface area contributed by atoms with Gasteiger partial charge in [0.15, 0.2) is 17.3 Å². The van der Waals surface area contributed by atoms with Crippen molar-refractivity contribution in [3.63, 3.8) is 0 Å². The van der Waals surface area contributed by atoms with E-state index in [1.165, 1.54) is 30.2 Å². The first-order chi connectivity index (χ1) is 15.4. The molecule has 4 rings (SSSR count). The third kappa shape index (κ3) is 4.39. The highest BCUT2D eigenvalue weighted by molar-refractivity contribution is 7.89. The molecular formula is C23H26N4O4S. The molecule has 2 aromatic carbocycles. The monoisotopic (exact) mass is 454 g/mol. The van der Waals surface area contributed by atoms with Crippen LogP contribution in [0.2, 0.25) is 0 Å². The molecule has 0 unspecified atom stereocenters. The van der Waals surface area contributed by atoms with Gasteiger partial charge in [0.1, 0.15) is 0 Å². The zero-order valence-electron chi connectivity index (χ0n) is 18.4.